The van der Waals surface area contributed by atoms with E-state index in [-0.39, 0.29) is 12.5 Å². The molecule has 0 fully saturated rings. The summed E-state index contributed by atoms with van der Waals surface area (Å²) >= 11 is 0. The van der Waals surface area contributed by atoms with Gasteiger partial charge in [0.25, 0.3) is 5.91 Å². The molecule has 0 aliphatic heterocycles. The van der Waals surface area contributed by atoms with Crippen LogP contribution >= 0.6 is 0 Å². The molecular weight excluding hydrogens is 262 g/mol. The molecule has 0 saturated carbocycles. The summed E-state index contributed by atoms with van der Waals surface area (Å²) in [4.78, 5) is 16.5. The lowest BCUT2D eigenvalue weighted by Gasteiger charge is -2.09. The molecule has 1 aromatic heterocycles. The highest BCUT2D eigenvalue weighted by molar-refractivity contribution is 6.04. The fraction of sp³-hybridized carbons (Fsp3) is 0.176. The number of nitrogens with two attached hydrogens (primary N) is 1. The van der Waals surface area contributed by atoms with Gasteiger partial charge >= 0.3 is 0 Å². The molecule has 1 aromatic carbocycles. The summed E-state index contributed by atoms with van der Waals surface area (Å²) in [6.07, 6.45) is 1.58. The molecule has 1 amide bonds. The molecular formula is C17H17N3O. The summed E-state index contributed by atoms with van der Waals surface area (Å²) in [7, 11) is 0. The topological polar surface area (TPSA) is 68.0 Å². The minimum Gasteiger partial charge on any atom is -0.320 e. The van der Waals surface area contributed by atoms with E-state index in [1.807, 2.05) is 32.0 Å². The zero-order valence-electron chi connectivity index (χ0n) is 12.1. The molecule has 3 N–H and O–H groups in total. The number of nitrogens with one attached hydrogen (secondary N) is 1. The molecule has 1 heterocycles. The van der Waals surface area contributed by atoms with Gasteiger partial charge in [-0.1, -0.05) is 24.0 Å². The number of hydrogen-bond acceptors (Lipinski definition) is 3. The average Bonchev–Trinajstić information content (AvgIpc) is 2.49. The molecule has 0 aliphatic carbocycles. The Bertz CT molecular complexity index is 726. The molecule has 0 unspecified atom stereocenters. The highest BCUT2D eigenvalue weighted by atomic mass is 16.1. The van der Waals surface area contributed by atoms with Gasteiger partial charge in [-0.2, -0.15) is 0 Å². The first kappa shape index (κ1) is 14.8. The van der Waals surface area contributed by atoms with E-state index in [1.54, 1.807) is 18.3 Å². The highest BCUT2D eigenvalue weighted by Gasteiger charge is 2.12. The maximum absolute atomic E-state index is 12.4. The first-order valence-electron chi connectivity index (χ1n) is 6.64. The number of hydrogen-bond donors (Lipinski definition) is 2. The number of carbonyl (C=O) groups excluding carboxylic acids is 1. The van der Waals surface area contributed by atoms with Crippen molar-refractivity contribution in [1.82, 2.24) is 4.98 Å². The molecule has 0 spiro atoms. The largest absolute Gasteiger partial charge is 0.320 e. The third kappa shape index (κ3) is 3.68. The summed E-state index contributed by atoms with van der Waals surface area (Å²) in [5.41, 5.74) is 9.11. The first-order valence-corrected chi connectivity index (χ1v) is 6.64. The second-order valence-electron chi connectivity index (χ2n) is 4.68. The van der Waals surface area contributed by atoms with Crippen molar-refractivity contribution in [3.8, 4) is 11.8 Å². The van der Waals surface area contributed by atoms with Gasteiger partial charge in [0.2, 0.25) is 0 Å². The van der Waals surface area contributed by atoms with Crippen molar-refractivity contribution >= 4 is 11.6 Å². The van der Waals surface area contributed by atoms with Crippen LogP contribution in [0.15, 0.2) is 36.5 Å². The number of anilines is 1. The number of carbonyl (C=O) groups is 1. The van der Waals surface area contributed by atoms with E-state index in [4.69, 9.17) is 5.73 Å². The van der Waals surface area contributed by atoms with Crippen LogP contribution in [0.3, 0.4) is 0 Å². The standard InChI is InChI=1S/C17H17N3O/c1-12-7-8-13(2)15(11-12)20-17(21)16-14(5-3-9-18)6-4-10-19-16/h4,6-8,10-11H,9,18H2,1-2H3,(H,20,21). The maximum Gasteiger partial charge on any atom is 0.275 e. The third-order valence-electron chi connectivity index (χ3n) is 2.99. The predicted octanol–water partition coefficient (Wildman–Crippen LogP) is 2.26. The number of amides is 1. The molecule has 0 atom stereocenters. The van der Waals surface area contributed by atoms with Gasteiger partial charge < -0.3 is 11.1 Å². The van der Waals surface area contributed by atoms with Crippen LogP contribution in [0.4, 0.5) is 5.69 Å². The monoisotopic (exact) mass is 279 g/mol. The van der Waals surface area contributed by atoms with Crippen molar-refractivity contribution in [3.05, 3.63) is 58.9 Å². The number of nitrogens with zero attached hydrogens (tertiary/aromatic N) is 1. The lowest BCUT2D eigenvalue weighted by molar-refractivity contribution is 0.102. The SMILES string of the molecule is Cc1ccc(C)c(NC(=O)c2ncccc2C#CCN)c1. The zero-order chi connectivity index (χ0) is 15.2. The number of rotatable bonds is 2. The van der Waals surface area contributed by atoms with Crippen LogP contribution in [-0.2, 0) is 0 Å². The van der Waals surface area contributed by atoms with Crippen molar-refractivity contribution in [3.63, 3.8) is 0 Å². The first-order chi connectivity index (χ1) is 10.1. The maximum atomic E-state index is 12.4. The van der Waals surface area contributed by atoms with Gasteiger partial charge in [-0.3, -0.25) is 4.79 Å². The molecule has 4 nitrogen and oxygen atoms in total. The van der Waals surface area contributed by atoms with Crippen molar-refractivity contribution in [2.24, 2.45) is 5.73 Å². The summed E-state index contributed by atoms with van der Waals surface area (Å²) in [6, 6.07) is 9.41. The van der Waals surface area contributed by atoms with Crippen LogP contribution in [0.5, 0.6) is 0 Å². The summed E-state index contributed by atoms with van der Waals surface area (Å²) < 4.78 is 0. The second-order valence-corrected chi connectivity index (χ2v) is 4.68. The lowest BCUT2D eigenvalue weighted by atomic mass is 10.1. The number of pyridine rings is 1. The van der Waals surface area contributed by atoms with Crippen molar-refractivity contribution in [2.75, 3.05) is 11.9 Å². The van der Waals surface area contributed by atoms with E-state index in [1.165, 1.54) is 0 Å². The minimum atomic E-state index is -0.273. The van der Waals surface area contributed by atoms with Gasteiger partial charge in [-0.05, 0) is 43.2 Å². The van der Waals surface area contributed by atoms with E-state index < -0.39 is 0 Å². The van der Waals surface area contributed by atoms with Crippen molar-refractivity contribution in [2.45, 2.75) is 13.8 Å². The molecule has 0 saturated heterocycles. The lowest BCUT2D eigenvalue weighted by Crippen LogP contribution is -2.16. The Morgan fingerprint density at radius 2 is 2.14 bits per heavy atom. The fourth-order valence-electron chi connectivity index (χ4n) is 1.89. The molecule has 4 heteroatoms. The predicted molar refractivity (Wildman–Crippen MR) is 84.0 cm³/mol. The molecule has 2 aromatic rings. The van der Waals surface area contributed by atoms with E-state index >= 15 is 0 Å². The molecule has 21 heavy (non-hydrogen) atoms. The quantitative estimate of drug-likeness (QED) is 0.829. The van der Waals surface area contributed by atoms with Gasteiger partial charge in [0.15, 0.2) is 0 Å². The summed E-state index contributed by atoms with van der Waals surface area (Å²) in [6.45, 7) is 4.17. The van der Waals surface area contributed by atoms with E-state index in [9.17, 15) is 4.79 Å². The molecule has 0 radical (unpaired) electrons. The Balaban J connectivity index is 2.31. The Hall–Kier alpha value is -2.64. The second kappa shape index (κ2) is 6.69. The normalized spacial score (nSPS) is 9.67. The fourth-order valence-corrected chi connectivity index (χ4v) is 1.89. The van der Waals surface area contributed by atoms with Gasteiger partial charge in [0.1, 0.15) is 5.69 Å². The van der Waals surface area contributed by atoms with Crippen LogP contribution in [0.25, 0.3) is 0 Å². The summed E-state index contributed by atoms with van der Waals surface area (Å²) in [5.74, 6) is 5.34. The number of aryl methyl sites for hydroxylation is 2. The van der Waals surface area contributed by atoms with E-state index in [0.717, 1.165) is 16.8 Å². The van der Waals surface area contributed by atoms with Crippen LogP contribution in [0.2, 0.25) is 0 Å². The van der Waals surface area contributed by atoms with Gasteiger partial charge in [0, 0.05) is 11.9 Å². The van der Waals surface area contributed by atoms with Gasteiger partial charge in [0.05, 0.1) is 12.1 Å². The molecule has 2 rings (SSSR count). The van der Waals surface area contributed by atoms with Crippen LogP contribution < -0.4 is 11.1 Å². The Labute approximate surface area is 124 Å². The van der Waals surface area contributed by atoms with Crippen LogP contribution in [-0.4, -0.2) is 17.4 Å². The van der Waals surface area contributed by atoms with Gasteiger partial charge in [-0.15, -0.1) is 0 Å². The van der Waals surface area contributed by atoms with Crippen molar-refractivity contribution in [1.29, 1.82) is 0 Å². The molecule has 106 valence electrons. The smallest absolute Gasteiger partial charge is 0.275 e. The summed E-state index contributed by atoms with van der Waals surface area (Å²) in [5, 5.41) is 2.88. The van der Waals surface area contributed by atoms with Crippen LogP contribution in [0.1, 0.15) is 27.2 Å². The highest BCUT2D eigenvalue weighted by Crippen LogP contribution is 2.17. The Morgan fingerprint density at radius 3 is 2.90 bits per heavy atom. The van der Waals surface area contributed by atoms with Gasteiger partial charge in [-0.25, -0.2) is 4.98 Å². The Morgan fingerprint density at radius 1 is 1.33 bits per heavy atom. The Kier molecular flexibility index (Phi) is 4.70. The van der Waals surface area contributed by atoms with E-state index in [0.29, 0.717) is 11.3 Å². The van der Waals surface area contributed by atoms with Crippen LogP contribution in [0, 0.1) is 25.7 Å². The van der Waals surface area contributed by atoms with E-state index in [2.05, 4.69) is 22.1 Å². The molecule has 0 aliphatic rings. The van der Waals surface area contributed by atoms with Crippen molar-refractivity contribution < 1.29 is 4.79 Å². The average molecular weight is 279 g/mol. The molecule has 0 bridgehead atoms. The minimum absolute atomic E-state index is 0.243. The third-order valence-corrected chi connectivity index (χ3v) is 2.99. The number of benzene rings is 1. The zero-order valence-corrected chi connectivity index (χ0v) is 12.1. The number of aromatic nitrogens is 1.